The highest BCUT2D eigenvalue weighted by Crippen LogP contribution is 2.35. The minimum Gasteiger partial charge on any atom is -0.468 e. The number of hydrogen-bond donors (Lipinski definition) is 0. The molecule has 2 aromatic rings. The number of para-hydroxylation sites is 1. The summed E-state index contributed by atoms with van der Waals surface area (Å²) in [6.07, 6.45) is 1.38. The van der Waals surface area contributed by atoms with Crippen molar-refractivity contribution in [1.29, 1.82) is 0 Å². The smallest absolute Gasteiger partial charge is 0.325 e. The Morgan fingerprint density at radius 2 is 2.17 bits per heavy atom. The maximum atomic E-state index is 12.8. The maximum Gasteiger partial charge on any atom is 0.325 e. The average molecular weight is 331 g/mol. The van der Waals surface area contributed by atoms with Crippen LogP contribution < -0.4 is 0 Å². The first-order valence-corrected chi connectivity index (χ1v) is 7.56. The molecule has 0 aliphatic carbocycles. The van der Waals surface area contributed by atoms with Gasteiger partial charge in [0.15, 0.2) is 0 Å². The molecule has 0 N–H and O–H groups in total. The molecule has 1 aliphatic rings. The number of nitro benzene ring substituents is 1. The van der Waals surface area contributed by atoms with Crippen molar-refractivity contribution in [1.82, 2.24) is 9.47 Å². The fraction of sp³-hybridized carbons (Fsp3) is 0.375. The van der Waals surface area contributed by atoms with Crippen LogP contribution in [0.25, 0.3) is 10.9 Å². The predicted molar refractivity (Wildman–Crippen MR) is 85.9 cm³/mol. The summed E-state index contributed by atoms with van der Waals surface area (Å²) in [5, 5.41) is 12.1. The van der Waals surface area contributed by atoms with Gasteiger partial charge in [-0.1, -0.05) is 12.1 Å². The monoisotopic (exact) mass is 331 g/mol. The van der Waals surface area contributed by atoms with Crippen LogP contribution >= 0.6 is 0 Å². The van der Waals surface area contributed by atoms with E-state index in [2.05, 4.69) is 0 Å². The first kappa shape index (κ1) is 16.0. The average Bonchev–Trinajstić information content (AvgIpc) is 2.78. The molecule has 1 aromatic heterocycles. The largest absolute Gasteiger partial charge is 0.468 e. The number of fused-ring (bicyclic) bond motifs is 3. The number of non-ortho nitro benzene ring substituents is 1. The van der Waals surface area contributed by atoms with Crippen LogP contribution in [-0.4, -0.2) is 47.0 Å². The summed E-state index contributed by atoms with van der Waals surface area (Å²) in [6, 6.07) is 4.74. The van der Waals surface area contributed by atoms with E-state index in [9.17, 15) is 19.7 Å². The second-order valence-electron chi connectivity index (χ2n) is 5.75. The molecule has 0 saturated heterocycles. The van der Waals surface area contributed by atoms with Crippen molar-refractivity contribution in [3.63, 3.8) is 0 Å². The number of carbonyl (C=O) groups is 2. The molecule has 0 unspecified atom stereocenters. The molecule has 0 radical (unpaired) electrons. The molecule has 0 bridgehead atoms. The van der Waals surface area contributed by atoms with Gasteiger partial charge in [0, 0.05) is 25.0 Å². The molecule has 0 fully saturated rings. The molecule has 1 amide bonds. The Kier molecular flexibility index (Phi) is 3.96. The second-order valence-corrected chi connectivity index (χ2v) is 5.75. The maximum absolute atomic E-state index is 12.8. The molecule has 3 rings (SSSR count). The normalized spacial score (nSPS) is 14.4. The van der Waals surface area contributed by atoms with Gasteiger partial charge in [0.1, 0.15) is 17.8 Å². The molecule has 0 spiro atoms. The van der Waals surface area contributed by atoms with Gasteiger partial charge >= 0.3 is 5.97 Å². The number of benzene rings is 1. The number of nitro groups is 1. The molecular weight excluding hydrogens is 314 g/mol. The first-order valence-electron chi connectivity index (χ1n) is 7.56. The zero-order valence-electron chi connectivity index (χ0n) is 13.4. The van der Waals surface area contributed by atoms with Crippen LogP contribution in [0.4, 0.5) is 5.69 Å². The van der Waals surface area contributed by atoms with Crippen molar-refractivity contribution in [2.24, 2.45) is 0 Å². The van der Waals surface area contributed by atoms with Gasteiger partial charge in [0.2, 0.25) is 0 Å². The van der Waals surface area contributed by atoms with E-state index >= 15 is 0 Å². The summed E-state index contributed by atoms with van der Waals surface area (Å²) in [7, 11) is 2.93. The third-order valence-corrected chi connectivity index (χ3v) is 4.35. The topological polar surface area (TPSA) is 94.7 Å². The summed E-state index contributed by atoms with van der Waals surface area (Å²) < 4.78 is 6.13. The van der Waals surface area contributed by atoms with E-state index in [1.54, 1.807) is 24.1 Å². The number of aromatic nitrogens is 1. The zero-order chi connectivity index (χ0) is 17.4. The lowest BCUT2D eigenvalue weighted by atomic mass is 10.1. The van der Waals surface area contributed by atoms with Gasteiger partial charge in [-0.2, -0.15) is 0 Å². The first-order chi connectivity index (χ1) is 11.5. The molecule has 0 saturated carbocycles. The number of ether oxygens (including phenoxy) is 1. The van der Waals surface area contributed by atoms with Gasteiger partial charge < -0.3 is 14.2 Å². The molecule has 2 heterocycles. The van der Waals surface area contributed by atoms with Gasteiger partial charge in [-0.05, 0) is 18.4 Å². The van der Waals surface area contributed by atoms with E-state index in [1.165, 1.54) is 17.7 Å². The highest BCUT2D eigenvalue weighted by atomic mass is 16.6. The van der Waals surface area contributed by atoms with E-state index in [-0.39, 0.29) is 18.1 Å². The van der Waals surface area contributed by atoms with E-state index in [4.69, 9.17) is 4.74 Å². The van der Waals surface area contributed by atoms with Crippen LogP contribution in [0, 0.1) is 10.1 Å². The van der Waals surface area contributed by atoms with Gasteiger partial charge in [-0.15, -0.1) is 0 Å². The van der Waals surface area contributed by atoms with Crippen molar-refractivity contribution in [2.75, 3.05) is 20.7 Å². The molecule has 1 aliphatic heterocycles. The van der Waals surface area contributed by atoms with Crippen molar-refractivity contribution in [3.05, 3.63) is 39.6 Å². The van der Waals surface area contributed by atoms with Crippen LogP contribution in [0.3, 0.4) is 0 Å². The fourth-order valence-corrected chi connectivity index (χ4v) is 3.23. The van der Waals surface area contributed by atoms with Crippen LogP contribution in [0.1, 0.15) is 22.5 Å². The molecule has 24 heavy (non-hydrogen) atoms. The minimum absolute atomic E-state index is 0.125. The molecule has 0 atom stereocenters. The Labute approximate surface area is 137 Å². The number of rotatable bonds is 3. The summed E-state index contributed by atoms with van der Waals surface area (Å²) in [5.74, 6) is -0.801. The molecular formula is C16H17N3O5. The van der Waals surface area contributed by atoms with Gasteiger partial charge in [-0.3, -0.25) is 19.7 Å². The fourth-order valence-electron chi connectivity index (χ4n) is 3.23. The highest BCUT2D eigenvalue weighted by molar-refractivity contribution is 6.04. The standard InChI is InChI=1S/C16H17N3O5/c1-17-8-4-6-11-10-5-3-7-12(19(22)23)14(10)18(9-13(20)24-2)15(11)16(17)21/h3,5,7H,4,6,8-9H2,1-2H3. The minimum atomic E-state index is -0.562. The highest BCUT2D eigenvalue weighted by Gasteiger charge is 2.31. The third-order valence-electron chi connectivity index (χ3n) is 4.35. The van der Waals surface area contributed by atoms with Crippen molar-refractivity contribution >= 4 is 28.5 Å². The number of esters is 1. The summed E-state index contributed by atoms with van der Waals surface area (Å²) >= 11 is 0. The van der Waals surface area contributed by atoms with Crippen LogP contribution in [-0.2, 0) is 22.5 Å². The van der Waals surface area contributed by atoms with Gasteiger partial charge in [-0.25, -0.2) is 0 Å². The Hall–Kier alpha value is -2.90. The summed E-state index contributed by atoms with van der Waals surface area (Å²) in [6.45, 7) is 0.356. The molecule has 126 valence electrons. The van der Waals surface area contributed by atoms with Crippen LogP contribution in [0.5, 0.6) is 0 Å². The third kappa shape index (κ3) is 2.40. The van der Waals surface area contributed by atoms with Crippen molar-refractivity contribution in [3.8, 4) is 0 Å². The number of amides is 1. The lowest BCUT2D eigenvalue weighted by molar-refractivity contribution is -0.383. The van der Waals surface area contributed by atoms with E-state index in [0.29, 0.717) is 29.6 Å². The Morgan fingerprint density at radius 1 is 1.42 bits per heavy atom. The SMILES string of the molecule is COC(=O)Cn1c2c(c3cccc([N+](=O)[O-])c31)CCCN(C)C2=O. The predicted octanol–water partition coefficient (Wildman–Crippen LogP) is 1.74. The Balaban J connectivity index is 2.38. The number of hydrogen-bond acceptors (Lipinski definition) is 5. The Morgan fingerprint density at radius 3 is 2.83 bits per heavy atom. The lowest BCUT2D eigenvalue weighted by Gasteiger charge is -2.16. The second kappa shape index (κ2) is 5.95. The van der Waals surface area contributed by atoms with E-state index < -0.39 is 10.9 Å². The zero-order valence-corrected chi connectivity index (χ0v) is 13.4. The van der Waals surface area contributed by atoms with Crippen molar-refractivity contribution < 1.29 is 19.2 Å². The van der Waals surface area contributed by atoms with Crippen molar-refractivity contribution in [2.45, 2.75) is 19.4 Å². The molecule has 1 aromatic carbocycles. The number of aryl methyl sites for hydroxylation is 1. The summed E-state index contributed by atoms with van der Waals surface area (Å²) in [4.78, 5) is 37.1. The van der Waals surface area contributed by atoms with E-state index in [0.717, 1.165) is 12.0 Å². The van der Waals surface area contributed by atoms with E-state index in [1.807, 2.05) is 0 Å². The number of nitrogens with zero attached hydrogens (tertiary/aromatic N) is 3. The Bertz CT molecular complexity index is 855. The lowest BCUT2D eigenvalue weighted by Crippen LogP contribution is -2.29. The van der Waals surface area contributed by atoms with Crippen LogP contribution in [0.15, 0.2) is 18.2 Å². The van der Waals surface area contributed by atoms with Gasteiger partial charge in [0.25, 0.3) is 11.6 Å². The summed E-state index contributed by atoms with van der Waals surface area (Å²) in [5.41, 5.74) is 1.26. The molecule has 8 nitrogen and oxygen atoms in total. The number of carbonyl (C=O) groups excluding carboxylic acids is 2. The number of methoxy groups -OCH3 is 1. The van der Waals surface area contributed by atoms with Gasteiger partial charge in [0.05, 0.1) is 12.0 Å². The molecule has 8 heteroatoms. The quantitative estimate of drug-likeness (QED) is 0.485. The van der Waals surface area contributed by atoms with Crippen LogP contribution in [0.2, 0.25) is 0 Å².